The summed E-state index contributed by atoms with van der Waals surface area (Å²) in [4.78, 5) is 0. The summed E-state index contributed by atoms with van der Waals surface area (Å²) in [6, 6.07) is 0. The van der Waals surface area contributed by atoms with Gasteiger partial charge < -0.3 is 5.32 Å². The van der Waals surface area contributed by atoms with E-state index in [1.807, 2.05) is 13.8 Å². The van der Waals surface area contributed by atoms with Crippen molar-refractivity contribution < 1.29 is 0 Å². The van der Waals surface area contributed by atoms with Gasteiger partial charge in [0.2, 0.25) is 0 Å². The van der Waals surface area contributed by atoms with Gasteiger partial charge in [0.1, 0.15) is 0 Å². The van der Waals surface area contributed by atoms with Gasteiger partial charge in [-0.25, -0.2) is 0 Å². The molecule has 0 radical (unpaired) electrons. The van der Waals surface area contributed by atoms with E-state index in [0.717, 1.165) is 23.7 Å². The molecule has 1 N–H and O–H groups in total. The van der Waals surface area contributed by atoms with Crippen molar-refractivity contribution in [2.24, 2.45) is 34.5 Å². The zero-order valence-corrected chi connectivity index (χ0v) is 15.3. The normalized spacial score (nSPS) is 50.0. The summed E-state index contributed by atoms with van der Waals surface area (Å²) in [7, 11) is 0. The van der Waals surface area contributed by atoms with Crippen molar-refractivity contribution in [1.29, 1.82) is 0 Å². The number of rotatable bonds is 0. The van der Waals surface area contributed by atoms with E-state index in [0.29, 0.717) is 10.8 Å². The van der Waals surface area contributed by atoms with Crippen LogP contribution < -0.4 is 5.32 Å². The van der Waals surface area contributed by atoms with Gasteiger partial charge in [0.25, 0.3) is 0 Å². The van der Waals surface area contributed by atoms with Crippen LogP contribution in [0.25, 0.3) is 0 Å². The van der Waals surface area contributed by atoms with Gasteiger partial charge >= 0.3 is 0 Å². The van der Waals surface area contributed by atoms with Gasteiger partial charge in [0, 0.05) is 0 Å². The van der Waals surface area contributed by atoms with Crippen LogP contribution in [0, 0.1) is 34.5 Å². The molecule has 0 aromatic heterocycles. The second-order valence-corrected chi connectivity index (χ2v) is 8.63. The van der Waals surface area contributed by atoms with Crippen molar-refractivity contribution in [2.75, 3.05) is 13.1 Å². The molecule has 0 amide bonds. The fraction of sp³-hybridized carbons (Fsp3) is 0.905. The molecule has 0 bridgehead atoms. The van der Waals surface area contributed by atoms with Crippen molar-refractivity contribution in [3.8, 4) is 0 Å². The van der Waals surface area contributed by atoms with Crippen LogP contribution in [-0.4, -0.2) is 13.1 Å². The quantitative estimate of drug-likeness (QED) is 0.589. The van der Waals surface area contributed by atoms with E-state index < -0.39 is 0 Å². The molecule has 3 aliphatic carbocycles. The monoisotopic (exact) mass is 303 g/mol. The molecule has 4 rings (SSSR count). The highest BCUT2D eigenvalue weighted by atomic mass is 14.9. The standard InChI is InChI=1S/C19H31N.C2H6/c1-18-9-3-4-16(18)15-6-5-14-8-12-20-13-11-19(14,2)17(15)7-10-18;1-2/h3,9,14-17,20H,4-8,10-13H2,1-2H3;1-2H3. The van der Waals surface area contributed by atoms with Gasteiger partial charge in [-0.2, -0.15) is 0 Å². The average molecular weight is 304 g/mol. The summed E-state index contributed by atoms with van der Waals surface area (Å²) in [6.45, 7) is 11.7. The molecule has 3 fully saturated rings. The van der Waals surface area contributed by atoms with E-state index >= 15 is 0 Å². The maximum atomic E-state index is 3.67. The SMILES string of the molecule is CC.CC12C=CCC1C1CCC3CCNCCC3(C)C1CC2. The van der Waals surface area contributed by atoms with Crippen LogP contribution >= 0.6 is 0 Å². The third-order valence-corrected chi connectivity index (χ3v) is 7.90. The Labute approximate surface area is 138 Å². The first-order valence-corrected chi connectivity index (χ1v) is 10.0. The molecular weight excluding hydrogens is 266 g/mol. The Morgan fingerprint density at radius 1 is 0.909 bits per heavy atom. The average Bonchev–Trinajstić information content (AvgIpc) is 2.82. The molecule has 1 aliphatic heterocycles. The summed E-state index contributed by atoms with van der Waals surface area (Å²) in [5.74, 6) is 4.00. The number of fused-ring (bicyclic) bond motifs is 5. The van der Waals surface area contributed by atoms with E-state index in [1.54, 1.807) is 0 Å². The van der Waals surface area contributed by atoms with Crippen molar-refractivity contribution in [3.05, 3.63) is 12.2 Å². The van der Waals surface area contributed by atoms with Gasteiger partial charge in [0.15, 0.2) is 0 Å². The lowest BCUT2D eigenvalue weighted by atomic mass is 9.47. The molecule has 0 aromatic carbocycles. The Morgan fingerprint density at radius 2 is 1.73 bits per heavy atom. The molecular formula is C21H37N. The minimum Gasteiger partial charge on any atom is -0.317 e. The molecule has 2 saturated carbocycles. The fourth-order valence-electron chi connectivity index (χ4n) is 6.64. The summed E-state index contributed by atoms with van der Waals surface area (Å²) in [6.07, 6.45) is 15.3. The molecule has 1 heteroatoms. The number of hydrogen-bond acceptors (Lipinski definition) is 1. The second kappa shape index (κ2) is 6.30. The fourth-order valence-corrected chi connectivity index (χ4v) is 6.64. The van der Waals surface area contributed by atoms with Gasteiger partial charge in [-0.15, -0.1) is 0 Å². The number of allylic oxidation sites excluding steroid dienone is 2. The van der Waals surface area contributed by atoms with Gasteiger partial charge in [-0.1, -0.05) is 39.8 Å². The topological polar surface area (TPSA) is 12.0 Å². The van der Waals surface area contributed by atoms with Crippen LogP contribution in [0.15, 0.2) is 12.2 Å². The van der Waals surface area contributed by atoms with Gasteiger partial charge in [-0.3, -0.25) is 0 Å². The lowest BCUT2D eigenvalue weighted by molar-refractivity contribution is -0.0808. The molecule has 0 spiro atoms. The van der Waals surface area contributed by atoms with E-state index in [1.165, 1.54) is 58.0 Å². The third kappa shape index (κ3) is 2.48. The molecule has 6 atom stereocenters. The molecule has 1 nitrogen and oxygen atoms in total. The lowest BCUT2D eigenvalue weighted by Gasteiger charge is -2.58. The summed E-state index contributed by atoms with van der Waals surface area (Å²) in [5.41, 5.74) is 1.18. The van der Waals surface area contributed by atoms with Gasteiger partial charge in [-0.05, 0) is 92.5 Å². The smallest absolute Gasteiger partial charge is 0.00435 e. The highest BCUT2D eigenvalue weighted by Crippen LogP contribution is 2.63. The van der Waals surface area contributed by atoms with Crippen LogP contribution in [0.2, 0.25) is 0 Å². The zero-order valence-electron chi connectivity index (χ0n) is 15.3. The molecule has 22 heavy (non-hydrogen) atoms. The van der Waals surface area contributed by atoms with Crippen LogP contribution in [0.5, 0.6) is 0 Å². The Balaban J connectivity index is 0.000000693. The van der Waals surface area contributed by atoms with Crippen molar-refractivity contribution in [1.82, 2.24) is 5.32 Å². The van der Waals surface area contributed by atoms with Crippen LogP contribution in [-0.2, 0) is 0 Å². The maximum absolute atomic E-state index is 3.67. The van der Waals surface area contributed by atoms with E-state index in [-0.39, 0.29) is 0 Å². The third-order valence-electron chi connectivity index (χ3n) is 7.90. The first-order chi connectivity index (χ1) is 10.6. The Morgan fingerprint density at radius 3 is 2.55 bits per heavy atom. The van der Waals surface area contributed by atoms with Crippen LogP contribution in [0.4, 0.5) is 0 Å². The first kappa shape index (κ1) is 16.6. The molecule has 4 aliphatic rings. The van der Waals surface area contributed by atoms with Crippen LogP contribution in [0.3, 0.4) is 0 Å². The molecule has 0 aromatic rings. The zero-order chi connectivity index (χ0) is 15.8. The molecule has 1 saturated heterocycles. The largest absolute Gasteiger partial charge is 0.317 e. The highest BCUT2D eigenvalue weighted by molar-refractivity contribution is 5.16. The summed E-state index contributed by atoms with van der Waals surface area (Å²) < 4.78 is 0. The Kier molecular flexibility index (Phi) is 4.74. The van der Waals surface area contributed by atoms with Crippen LogP contribution in [0.1, 0.15) is 72.6 Å². The highest BCUT2D eigenvalue weighted by Gasteiger charge is 2.55. The summed E-state index contributed by atoms with van der Waals surface area (Å²) in [5, 5.41) is 3.67. The number of hydrogen-bond donors (Lipinski definition) is 1. The number of nitrogens with one attached hydrogen (secondary N) is 1. The van der Waals surface area contributed by atoms with Crippen molar-refractivity contribution >= 4 is 0 Å². The van der Waals surface area contributed by atoms with E-state index in [2.05, 4.69) is 31.3 Å². The molecule has 6 unspecified atom stereocenters. The Hall–Kier alpha value is -0.300. The van der Waals surface area contributed by atoms with Gasteiger partial charge in [0.05, 0.1) is 0 Å². The second-order valence-electron chi connectivity index (χ2n) is 8.63. The van der Waals surface area contributed by atoms with E-state index in [4.69, 9.17) is 0 Å². The summed E-state index contributed by atoms with van der Waals surface area (Å²) >= 11 is 0. The van der Waals surface area contributed by atoms with E-state index in [9.17, 15) is 0 Å². The first-order valence-electron chi connectivity index (χ1n) is 10.0. The Bertz CT molecular complexity index is 414. The lowest BCUT2D eigenvalue weighted by Crippen LogP contribution is -2.51. The predicted molar refractivity (Wildman–Crippen MR) is 95.9 cm³/mol. The predicted octanol–water partition coefficient (Wildman–Crippen LogP) is 5.42. The minimum atomic E-state index is 0.549. The van der Waals surface area contributed by atoms with Crippen molar-refractivity contribution in [2.45, 2.75) is 72.6 Å². The minimum absolute atomic E-state index is 0.549. The van der Waals surface area contributed by atoms with Crippen molar-refractivity contribution in [3.63, 3.8) is 0 Å². The maximum Gasteiger partial charge on any atom is -0.00435 e. The molecule has 1 heterocycles. The molecule has 126 valence electrons.